The number of carbonyl (C=O) groups excluding carboxylic acids is 1. The van der Waals surface area contributed by atoms with Gasteiger partial charge in [-0.25, -0.2) is 8.42 Å². The van der Waals surface area contributed by atoms with Gasteiger partial charge in [0.25, 0.3) is 0 Å². The number of benzene rings is 2. The first kappa shape index (κ1) is 32.2. The number of sulfone groups is 1. The van der Waals surface area contributed by atoms with Gasteiger partial charge in [-0.2, -0.15) is 5.26 Å². The molecule has 1 aromatic heterocycles. The first-order chi connectivity index (χ1) is 22.3. The average molecular weight is 641 g/mol. The van der Waals surface area contributed by atoms with Crippen molar-refractivity contribution < 1.29 is 17.9 Å². The normalized spacial score (nSPS) is 22.5. The van der Waals surface area contributed by atoms with Crippen LogP contribution in [0.2, 0.25) is 0 Å². The summed E-state index contributed by atoms with van der Waals surface area (Å²) in [5.74, 6) is 0.605. The van der Waals surface area contributed by atoms with Gasteiger partial charge in [0.1, 0.15) is 6.10 Å². The van der Waals surface area contributed by atoms with Crippen LogP contribution >= 0.6 is 0 Å². The number of piperidine rings is 1. The van der Waals surface area contributed by atoms with E-state index in [4.69, 9.17) is 4.74 Å². The van der Waals surface area contributed by atoms with E-state index in [2.05, 4.69) is 33.0 Å². The lowest BCUT2D eigenvalue weighted by Gasteiger charge is -2.48. The summed E-state index contributed by atoms with van der Waals surface area (Å²) in [5, 5.41) is 11.0. The molecule has 0 radical (unpaired) electrons. The summed E-state index contributed by atoms with van der Waals surface area (Å²) >= 11 is 0. The molecule has 2 saturated heterocycles. The maximum Gasteiger partial charge on any atom is 0.306 e. The summed E-state index contributed by atoms with van der Waals surface area (Å²) in [6, 6.07) is 23.3. The lowest BCUT2D eigenvalue weighted by molar-refractivity contribution is -0.152. The third-order valence-electron chi connectivity index (χ3n) is 10.4. The molecule has 6 rings (SSSR count). The molecule has 242 valence electrons. The molecule has 0 spiro atoms. The Morgan fingerprint density at radius 2 is 1.63 bits per heavy atom. The minimum Gasteiger partial charge on any atom is -0.462 e. The number of pyridine rings is 1. The quantitative estimate of drug-likeness (QED) is 0.234. The molecule has 1 saturated carbocycles. The number of nitrogens with zero attached hydrogens (tertiary/aromatic N) is 4. The van der Waals surface area contributed by atoms with E-state index in [1.807, 2.05) is 37.3 Å². The second-order valence-corrected chi connectivity index (χ2v) is 15.1. The predicted molar refractivity (Wildman–Crippen MR) is 177 cm³/mol. The van der Waals surface area contributed by atoms with Crippen LogP contribution in [-0.2, 0) is 24.8 Å². The topological polar surface area (TPSA) is 104 Å². The molecule has 3 aliphatic rings. The van der Waals surface area contributed by atoms with E-state index in [0.29, 0.717) is 12.3 Å². The van der Waals surface area contributed by atoms with Crippen LogP contribution in [0.5, 0.6) is 0 Å². The van der Waals surface area contributed by atoms with Crippen molar-refractivity contribution in [3.63, 3.8) is 0 Å². The van der Waals surface area contributed by atoms with E-state index in [9.17, 15) is 18.5 Å². The van der Waals surface area contributed by atoms with E-state index in [1.54, 1.807) is 12.1 Å². The Balaban J connectivity index is 1.07. The van der Waals surface area contributed by atoms with Gasteiger partial charge in [-0.3, -0.25) is 9.78 Å². The largest absolute Gasteiger partial charge is 0.462 e. The summed E-state index contributed by atoms with van der Waals surface area (Å²) < 4.78 is 31.9. The highest BCUT2D eigenvalue weighted by Crippen LogP contribution is 2.51. The van der Waals surface area contributed by atoms with Crippen molar-refractivity contribution in [3.8, 4) is 6.07 Å². The van der Waals surface area contributed by atoms with Gasteiger partial charge < -0.3 is 14.5 Å². The highest BCUT2D eigenvalue weighted by molar-refractivity contribution is 7.91. The summed E-state index contributed by atoms with van der Waals surface area (Å²) in [6.07, 6.45) is 8.56. The van der Waals surface area contributed by atoms with Gasteiger partial charge in [0, 0.05) is 56.0 Å². The monoisotopic (exact) mass is 640 g/mol. The summed E-state index contributed by atoms with van der Waals surface area (Å²) in [7, 11) is -3.56. The average Bonchev–Trinajstić information content (AvgIpc) is 3.53. The zero-order valence-electron chi connectivity index (χ0n) is 26.6. The number of carbonyl (C=O) groups is 1. The second-order valence-electron chi connectivity index (χ2n) is 13.2. The molecule has 46 heavy (non-hydrogen) atoms. The minimum atomic E-state index is -3.56. The molecule has 0 bridgehead atoms. The lowest BCUT2D eigenvalue weighted by Crippen LogP contribution is -2.54. The molecule has 3 aromatic rings. The van der Waals surface area contributed by atoms with Crippen molar-refractivity contribution in [2.75, 3.05) is 37.6 Å². The Morgan fingerprint density at radius 3 is 2.28 bits per heavy atom. The van der Waals surface area contributed by atoms with Gasteiger partial charge in [0.2, 0.25) is 9.84 Å². The summed E-state index contributed by atoms with van der Waals surface area (Å²) in [4.78, 5) is 21.8. The number of anilines is 1. The number of nitriles is 1. The van der Waals surface area contributed by atoms with Crippen LogP contribution in [0.25, 0.3) is 0 Å². The van der Waals surface area contributed by atoms with Crippen LogP contribution in [0, 0.1) is 29.1 Å². The fraction of sp³-hybridized carbons (Fsp3) is 0.486. The first-order valence-electron chi connectivity index (χ1n) is 16.7. The molecule has 8 nitrogen and oxygen atoms in total. The predicted octanol–water partition coefficient (Wildman–Crippen LogP) is 6.04. The van der Waals surface area contributed by atoms with Crippen molar-refractivity contribution in [1.82, 2.24) is 9.88 Å². The second kappa shape index (κ2) is 13.9. The fourth-order valence-electron chi connectivity index (χ4n) is 8.05. The first-order valence-corrected chi connectivity index (χ1v) is 18.2. The van der Waals surface area contributed by atoms with Gasteiger partial charge in [0.15, 0.2) is 0 Å². The van der Waals surface area contributed by atoms with Crippen LogP contribution in [0.3, 0.4) is 0 Å². The maximum atomic E-state index is 12.9. The Kier molecular flexibility index (Phi) is 9.76. The van der Waals surface area contributed by atoms with E-state index in [1.165, 1.54) is 24.5 Å². The Morgan fingerprint density at radius 1 is 0.957 bits per heavy atom. The van der Waals surface area contributed by atoms with Gasteiger partial charge in [-0.1, -0.05) is 37.3 Å². The molecule has 2 aromatic carbocycles. The van der Waals surface area contributed by atoms with Gasteiger partial charge >= 0.3 is 5.97 Å². The Labute approximate surface area is 273 Å². The number of esters is 1. The molecule has 0 N–H and O–H groups in total. The molecule has 9 heteroatoms. The minimum absolute atomic E-state index is 0.00326. The summed E-state index contributed by atoms with van der Waals surface area (Å²) in [5.41, 5.74) is 1.43. The van der Waals surface area contributed by atoms with Crippen LogP contribution in [-0.4, -0.2) is 63.1 Å². The molecule has 0 amide bonds. The molecular formula is C37H44N4O4S. The number of aromatic nitrogens is 1. The molecule has 2 aliphatic heterocycles. The number of hydrogen-bond donors (Lipinski definition) is 0. The van der Waals surface area contributed by atoms with Crippen LogP contribution < -0.4 is 4.90 Å². The van der Waals surface area contributed by atoms with Crippen molar-refractivity contribution in [2.24, 2.45) is 17.8 Å². The maximum absolute atomic E-state index is 12.9. The molecule has 3 atom stereocenters. The van der Waals surface area contributed by atoms with Crippen LogP contribution in [0.4, 0.5) is 5.69 Å². The van der Waals surface area contributed by atoms with Crippen LogP contribution in [0.15, 0.2) is 88.9 Å². The van der Waals surface area contributed by atoms with E-state index in [-0.39, 0.29) is 33.7 Å². The molecular weight excluding hydrogens is 596 g/mol. The number of rotatable bonds is 11. The zero-order chi connectivity index (χ0) is 32.1. The fourth-order valence-corrected chi connectivity index (χ4v) is 9.29. The van der Waals surface area contributed by atoms with Crippen molar-refractivity contribution in [3.05, 3.63) is 84.7 Å². The number of likely N-dealkylation sites (tertiary alicyclic amines) is 1. The molecule has 3 heterocycles. The van der Waals surface area contributed by atoms with Crippen LogP contribution in [0.1, 0.15) is 57.4 Å². The van der Waals surface area contributed by atoms with E-state index in [0.717, 1.165) is 82.5 Å². The summed E-state index contributed by atoms with van der Waals surface area (Å²) in [6.45, 7) is 6.79. The van der Waals surface area contributed by atoms with Gasteiger partial charge in [-0.15, -0.1) is 0 Å². The third kappa shape index (κ3) is 6.43. The molecule has 1 unspecified atom stereocenters. The molecule has 1 aliphatic carbocycles. The Hall–Kier alpha value is -3.74. The zero-order valence-corrected chi connectivity index (χ0v) is 27.4. The van der Waals surface area contributed by atoms with Crippen molar-refractivity contribution >= 4 is 21.5 Å². The smallest absolute Gasteiger partial charge is 0.306 e. The van der Waals surface area contributed by atoms with Crippen molar-refractivity contribution in [1.29, 1.82) is 5.26 Å². The van der Waals surface area contributed by atoms with E-state index >= 15 is 0 Å². The highest BCUT2D eigenvalue weighted by atomic mass is 32.2. The number of hydrogen-bond acceptors (Lipinski definition) is 8. The number of ether oxygens (including phenoxy) is 1. The Bertz CT molecular complexity index is 1610. The van der Waals surface area contributed by atoms with Gasteiger partial charge in [0.05, 0.1) is 21.3 Å². The standard InChI is InChI=1S/C37H44N4O4S/c1-2-7-36(42)45-35-11-6-10-34(35)37(27-38,29-8-4-3-5-9-29)30-18-22-40(23-19-30)24-28-25-41(26-28)31-12-14-32(15-13-31)46(43,44)33-16-20-39-21-17-33/h3-5,8-9,12-17,20-21,28,30,34-35H,2,6-7,10-11,18-19,22-26H2,1H3/t34-,35-,37?/m0/s1. The highest BCUT2D eigenvalue weighted by Gasteiger charge is 2.53. The molecule has 3 fully saturated rings. The third-order valence-corrected chi connectivity index (χ3v) is 12.2. The van der Waals surface area contributed by atoms with Gasteiger partial charge in [-0.05, 0) is 99.5 Å². The van der Waals surface area contributed by atoms with Crippen molar-refractivity contribution in [2.45, 2.75) is 73.2 Å². The SMILES string of the molecule is CCCC(=O)O[C@H]1CCC[C@@H]1C(C#N)(c1ccccc1)C1CCN(CC2CN(c3ccc(S(=O)(=O)c4ccncc4)cc3)C2)CC1. The lowest BCUT2D eigenvalue weighted by atomic mass is 9.59. The van der Waals surface area contributed by atoms with E-state index < -0.39 is 15.3 Å².